The fraction of sp³-hybridized carbons (Fsp3) is 0.727. The predicted molar refractivity (Wildman–Crippen MR) is 52.3 cm³/mol. The molecule has 2 aliphatic carbocycles. The Morgan fingerprint density at radius 1 is 1.31 bits per heavy atom. The first-order valence-corrected chi connectivity index (χ1v) is 5.23. The molecule has 72 valence electrons. The molecule has 0 spiro atoms. The van der Waals surface area contributed by atoms with Crippen LogP contribution in [0.15, 0.2) is 11.8 Å². The van der Waals surface area contributed by atoms with E-state index in [0.29, 0.717) is 11.8 Å². The van der Waals surface area contributed by atoms with Gasteiger partial charge in [-0.2, -0.15) is 0 Å². The molecule has 1 saturated carbocycles. The summed E-state index contributed by atoms with van der Waals surface area (Å²) >= 11 is 0. The number of carbonyl (C=O) groups is 1. The Hall–Kier alpha value is -0.790. The summed E-state index contributed by atoms with van der Waals surface area (Å²) < 4.78 is 0. The lowest BCUT2D eigenvalue weighted by Crippen LogP contribution is -2.27. The van der Waals surface area contributed by atoms with Gasteiger partial charge >= 0.3 is 0 Å². The number of rotatable bonds is 2. The molecular weight excluding hydrogens is 162 g/mol. The van der Waals surface area contributed by atoms with Crippen LogP contribution >= 0.6 is 0 Å². The third-order valence-electron chi connectivity index (χ3n) is 3.28. The Balaban J connectivity index is 1.99. The molecule has 0 aromatic carbocycles. The smallest absolute Gasteiger partial charge is 0.157 e. The molecule has 2 nitrogen and oxygen atoms in total. The van der Waals surface area contributed by atoms with E-state index in [4.69, 9.17) is 0 Å². The molecule has 2 heteroatoms. The second-order valence-corrected chi connectivity index (χ2v) is 4.15. The van der Waals surface area contributed by atoms with Crippen LogP contribution in [0.2, 0.25) is 0 Å². The molecule has 1 fully saturated rings. The minimum absolute atomic E-state index is 0.305. The maximum Gasteiger partial charge on any atom is 0.157 e. The van der Waals surface area contributed by atoms with Crippen LogP contribution in [0.1, 0.15) is 38.5 Å². The number of nitrogens with zero attached hydrogens (tertiary/aromatic N) is 1. The summed E-state index contributed by atoms with van der Waals surface area (Å²) in [6.07, 6.45) is 8.85. The molecule has 0 unspecified atom stereocenters. The highest BCUT2D eigenvalue weighted by Gasteiger charge is 2.23. The zero-order valence-corrected chi connectivity index (χ0v) is 8.25. The van der Waals surface area contributed by atoms with Crippen molar-refractivity contribution >= 4 is 5.78 Å². The van der Waals surface area contributed by atoms with Crippen molar-refractivity contribution in [3.8, 4) is 0 Å². The van der Waals surface area contributed by atoms with E-state index in [9.17, 15) is 4.79 Å². The molecule has 2 rings (SSSR count). The highest BCUT2D eigenvalue weighted by atomic mass is 16.1. The van der Waals surface area contributed by atoms with Crippen LogP contribution in [-0.4, -0.2) is 23.8 Å². The van der Waals surface area contributed by atoms with Crippen molar-refractivity contribution in [2.75, 3.05) is 7.05 Å². The van der Waals surface area contributed by atoms with E-state index in [2.05, 4.69) is 11.9 Å². The van der Waals surface area contributed by atoms with E-state index in [0.717, 1.165) is 12.8 Å². The SMILES string of the molecule is CN(C1=CC(=O)CC1)C1CCCC1. The lowest BCUT2D eigenvalue weighted by Gasteiger charge is -2.27. The van der Waals surface area contributed by atoms with Crippen molar-refractivity contribution in [1.82, 2.24) is 4.90 Å². The zero-order chi connectivity index (χ0) is 9.26. The minimum atomic E-state index is 0.305. The first kappa shape index (κ1) is 8.79. The molecule has 2 aliphatic rings. The van der Waals surface area contributed by atoms with Crippen LogP contribution < -0.4 is 0 Å². The minimum Gasteiger partial charge on any atom is -0.375 e. The molecule has 0 heterocycles. The quantitative estimate of drug-likeness (QED) is 0.647. The molecule has 0 atom stereocenters. The van der Waals surface area contributed by atoms with Crippen LogP contribution in [0.25, 0.3) is 0 Å². The van der Waals surface area contributed by atoms with Gasteiger partial charge in [0.15, 0.2) is 5.78 Å². The number of carbonyl (C=O) groups excluding carboxylic acids is 1. The van der Waals surface area contributed by atoms with E-state index < -0.39 is 0 Å². The van der Waals surface area contributed by atoms with Gasteiger partial charge in [0.25, 0.3) is 0 Å². The first-order valence-electron chi connectivity index (χ1n) is 5.23. The van der Waals surface area contributed by atoms with Crippen molar-refractivity contribution in [2.24, 2.45) is 0 Å². The second-order valence-electron chi connectivity index (χ2n) is 4.15. The highest BCUT2D eigenvalue weighted by Crippen LogP contribution is 2.28. The monoisotopic (exact) mass is 179 g/mol. The van der Waals surface area contributed by atoms with Crippen molar-refractivity contribution in [1.29, 1.82) is 0 Å². The molecule has 0 aromatic rings. The number of ketones is 1. The van der Waals surface area contributed by atoms with Crippen molar-refractivity contribution in [2.45, 2.75) is 44.6 Å². The van der Waals surface area contributed by atoms with Gasteiger partial charge in [0.1, 0.15) is 0 Å². The molecule has 0 amide bonds. The standard InChI is InChI=1S/C11H17NO/c1-12(9-4-2-3-5-9)10-6-7-11(13)8-10/h8-9H,2-7H2,1H3. The first-order chi connectivity index (χ1) is 6.27. The summed E-state index contributed by atoms with van der Waals surface area (Å²) in [6.45, 7) is 0. The summed E-state index contributed by atoms with van der Waals surface area (Å²) in [7, 11) is 2.14. The van der Waals surface area contributed by atoms with Gasteiger partial charge in [0.05, 0.1) is 0 Å². The fourth-order valence-corrected chi connectivity index (χ4v) is 2.39. The van der Waals surface area contributed by atoms with Crippen molar-refractivity contribution < 1.29 is 4.79 Å². The van der Waals surface area contributed by atoms with Crippen molar-refractivity contribution in [3.63, 3.8) is 0 Å². The van der Waals surface area contributed by atoms with Gasteiger partial charge in [0.2, 0.25) is 0 Å². The van der Waals surface area contributed by atoms with Crippen LogP contribution in [0.5, 0.6) is 0 Å². The molecule has 0 saturated heterocycles. The third-order valence-corrected chi connectivity index (χ3v) is 3.28. The van der Waals surface area contributed by atoms with E-state index in [1.807, 2.05) is 6.08 Å². The van der Waals surface area contributed by atoms with Crippen molar-refractivity contribution in [3.05, 3.63) is 11.8 Å². The lowest BCUT2D eigenvalue weighted by molar-refractivity contribution is -0.114. The average molecular weight is 179 g/mol. The van der Waals surface area contributed by atoms with Gasteiger partial charge in [-0.15, -0.1) is 0 Å². The van der Waals surface area contributed by atoms with Gasteiger partial charge < -0.3 is 4.90 Å². The maximum absolute atomic E-state index is 11.1. The second kappa shape index (κ2) is 3.52. The molecular formula is C11H17NO. The lowest BCUT2D eigenvalue weighted by atomic mass is 10.2. The number of hydrogen-bond acceptors (Lipinski definition) is 2. The van der Waals surface area contributed by atoms with E-state index in [1.54, 1.807) is 0 Å². The van der Waals surface area contributed by atoms with E-state index >= 15 is 0 Å². The van der Waals surface area contributed by atoms with Crippen LogP contribution in [-0.2, 0) is 4.79 Å². The Morgan fingerprint density at radius 2 is 2.00 bits per heavy atom. The van der Waals surface area contributed by atoms with E-state index in [1.165, 1.54) is 31.4 Å². The molecule has 0 radical (unpaired) electrons. The van der Waals surface area contributed by atoms with Gasteiger partial charge in [-0.1, -0.05) is 12.8 Å². The number of hydrogen-bond donors (Lipinski definition) is 0. The van der Waals surface area contributed by atoms with Crippen LogP contribution in [0.4, 0.5) is 0 Å². The van der Waals surface area contributed by atoms with Gasteiger partial charge in [-0.3, -0.25) is 4.79 Å². The molecule has 0 aromatic heterocycles. The van der Waals surface area contributed by atoms with Crippen LogP contribution in [0, 0.1) is 0 Å². The Labute approximate surface area is 79.6 Å². The van der Waals surface area contributed by atoms with Crippen LogP contribution in [0.3, 0.4) is 0 Å². The Kier molecular flexibility index (Phi) is 2.38. The van der Waals surface area contributed by atoms with E-state index in [-0.39, 0.29) is 0 Å². The van der Waals surface area contributed by atoms with Gasteiger partial charge in [-0.05, 0) is 19.3 Å². The largest absolute Gasteiger partial charge is 0.375 e. The maximum atomic E-state index is 11.1. The van der Waals surface area contributed by atoms with Gasteiger partial charge in [0, 0.05) is 31.3 Å². The molecule has 0 bridgehead atoms. The normalized spacial score (nSPS) is 23.8. The summed E-state index contributed by atoms with van der Waals surface area (Å²) in [5.74, 6) is 0.305. The topological polar surface area (TPSA) is 20.3 Å². The fourth-order valence-electron chi connectivity index (χ4n) is 2.39. The average Bonchev–Trinajstić information content (AvgIpc) is 2.72. The zero-order valence-electron chi connectivity index (χ0n) is 8.25. The summed E-state index contributed by atoms with van der Waals surface area (Å²) in [4.78, 5) is 13.4. The Bertz CT molecular complexity index is 238. The third kappa shape index (κ3) is 1.77. The predicted octanol–water partition coefficient (Wildman–Crippen LogP) is 2.11. The molecule has 13 heavy (non-hydrogen) atoms. The summed E-state index contributed by atoms with van der Waals surface area (Å²) in [5, 5.41) is 0. The number of allylic oxidation sites excluding steroid dienone is 2. The summed E-state index contributed by atoms with van der Waals surface area (Å²) in [6, 6.07) is 0.706. The molecule has 0 N–H and O–H groups in total. The Morgan fingerprint density at radius 3 is 2.54 bits per heavy atom. The highest BCUT2D eigenvalue weighted by molar-refractivity contribution is 5.92. The van der Waals surface area contributed by atoms with Gasteiger partial charge in [-0.25, -0.2) is 0 Å². The molecule has 0 aliphatic heterocycles. The summed E-state index contributed by atoms with van der Waals surface area (Å²) in [5.41, 5.74) is 1.26.